The first-order chi connectivity index (χ1) is 14.5. The SMILES string of the molecule is Cc1ccc(-n2c(C)cc(C=C(C#N)C(=O)Nc3nc(S(C)(=O)=O)ns3)c2C)cc1Cl. The summed E-state index contributed by atoms with van der Waals surface area (Å²) < 4.78 is 28.6. The first kappa shape index (κ1) is 22.7. The van der Waals surface area contributed by atoms with Crippen LogP contribution in [0.5, 0.6) is 0 Å². The third-order valence-corrected chi connectivity index (χ3v) is 6.51. The summed E-state index contributed by atoms with van der Waals surface area (Å²) in [7, 11) is -3.59. The molecule has 0 bridgehead atoms. The van der Waals surface area contributed by atoms with Gasteiger partial charge in [-0.05, 0) is 56.2 Å². The monoisotopic (exact) mass is 475 g/mol. The van der Waals surface area contributed by atoms with Gasteiger partial charge in [0.05, 0.1) is 0 Å². The summed E-state index contributed by atoms with van der Waals surface area (Å²) in [6.45, 7) is 5.71. The number of nitriles is 1. The van der Waals surface area contributed by atoms with Crippen molar-refractivity contribution in [3.63, 3.8) is 0 Å². The van der Waals surface area contributed by atoms with Crippen LogP contribution >= 0.6 is 23.1 Å². The number of aryl methyl sites for hydroxylation is 2. The number of hydrogen-bond acceptors (Lipinski definition) is 7. The number of carbonyl (C=O) groups excluding carboxylic acids is 1. The summed E-state index contributed by atoms with van der Waals surface area (Å²) in [5.74, 6) is -0.707. The fraction of sp³-hybridized carbons (Fsp3) is 0.200. The first-order valence-corrected chi connectivity index (χ1v) is 12.0. The van der Waals surface area contributed by atoms with Gasteiger partial charge in [-0.25, -0.2) is 8.42 Å². The Labute approximate surface area is 188 Å². The predicted octanol–water partition coefficient (Wildman–Crippen LogP) is 3.86. The lowest BCUT2D eigenvalue weighted by molar-refractivity contribution is -0.112. The molecule has 8 nitrogen and oxygen atoms in total. The van der Waals surface area contributed by atoms with E-state index in [2.05, 4.69) is 14.7 Å². The molecule has 31 heavy (non-hydrogen) atoms. The minimum atomic E-state index is -3.59. The highest BCUT2D eigenvalue weighted by Gasteiger charge is 2.18. The summed E-state index contributed by atoms with van der Waals surface area (Å²) in [5, 5.41) is 12.2. The van der Waals surface area contributed by atoms with E-state index in [1.54, 1.807) is 0 Å². The Kier molecular flexibility index (Phi) is 6.31. The van der Waals surface area contributed by atoms with Gasteiger partial charge in [0.2, 0.25) is 15.0 Å². The normalized spacial score (nSPS) is 11.9. The Hall–Kier alpha value is -3.00. The zero-order valence-electron chi connectivity index (χ0n) is 17.1. The summed E-state index contributed by atoms with van der Waals surface area (Å²) in [4.78, 5) is 16.3. The van der Waals surface area contributed by atoms with Crippen molar-refractivity contribution in [2.45, 2.75) is 25.9 Å². The second-order valence-corrected chi connectivity index (χ2v) is 9.94. The van der Waals surface area contributed by atoms with Gasteiger partial charge >= 0.3 is 0 Å². The van der Waals surface area contributed by atoms with Crippen LogP contribution < -0.4 is 5.32 Å². The molecular formula is C20H18ClN5O3S2. The third-order valence-electron chi connectivity index (χ3n) is 4.51. The largest absolute Gasteiger partial charge is 0.318 e. The molecule has 0 fully saturated rings. The molecule has 1 N–H and O–H groups in total. The average Bonchev–Trinajstić information content (AvgIpc) is 3.26. The summed E-state index contributed by atoms with van der Waals surface area (Å²) in [6.07, 6.45) is 2.45. The van der Waals surface area contributed by atoms with Crippen molar-refractivity contribution in [2.75, 3.05) is 11.6 Å². The number of carbonyl (C=O) groups is 1. The fourth-order valence-electron chi connectivity index (χ4n) is 2.93. The molecule has 3 rings (SSSR count). The molecule has 1 aromatic carbocycles. The van der Waals surface area contributed by atoms with Gasteiger partial charge in [0.25, 0.3) is 11.1 Å². The Morgan fingerprint density at radius 2 is 2.00 bits per heavy atom. The topological polar surface area (TPSA) is 118 Å². The van der Waals surface area contributed by atoms with Crippen molar-refractivity contribution < 1.29 is 13.2 Å². The van der Waals surface area contributed by atoms with E-state index in [4.69, 9.17) is 11.6 Å². The molecule has 160 valence electrons. The molecule has 0 aliphatic carbocycles. The number of halogens is 1. The maximum Gasteiger partial charge on any atom is 0.268 e. The van der Waals surface area contributed by atoms with E-state index in [0.717, 1.165) is 40.4 Å². The average molecular weight is 476 g/mol. The minimum Gasteiger partial charge on any atom is -0.318 e. The third kappa shape index (κ3) is 4.85. The van der Waals surface area contributed by atoms with Crippen molar-refractivity contribution in [2.24, 2.45) is 0 Å². The maximum atomic E-state index is 12.5. The number of aromatic nitrogens is 3. The van der Waals surface area contributed by atoms with Crippen LogP contribution in [-0.4, -0.2) is 34.5 Å². The maximum absolute atomic E-state index is 12.5. The van der Waals surface area contributed by atoms with E-state index < -0.39 is 15.7 Å². The van der Waals surface area contributed by atoms with E-state index in [1.807, 2.05) is 55.7 Å². The molecule has 0 unspecified atom stereocenters. The second-order valence-electron chi connectivity index (χ2n) is 6.87. The molecule has 0 atom stereocenters. The number of hydrogen-bond donors (Lipinski definition) is 1. The quantitative estimate of drug-likeness (QED) is 0.442. The molecule has 3 aromatic rings. The van der Waals surface area contributed by atoms with Crippen LogP contribution in [0.15, 0.2) is 35.0 Å². The lowest BCUT2D eigenvalue weighted by atomic mass is 10.1. The molecule has 0 saturated carbocycles. The highest BCUT2D eigenvalue weighted by Crippen LogP contribution is 2.26. The molecule has 0 saturated heterocycles. The van der Waals surface area contributed by atoms with E-state index >= 15 is 0 Å². The Morgan fingerprint density at radius 3 is 2.58 bits per heavy atom. The molecule has 0 radical (unpaired) electrons. The molecule has 0 spiro atoms. The second kappa shape index (κ2) is 8.63. The molecule has 1 amide bonds. The van der Waals surface area contributed by atoms with Crippen molar-refractivity contribution in [3.05, 3.63) is 57.4 Å². The molecule has 0 aliphatic heterocycles. The van der Waals surface area contributed by atoms with Crippen molar-refractivity contribution in [1.29, 1.82) is 5.26 Å². The Bertz CT molecular complexity index is 1360. The van der Waals surface area contributed by atoms with Gasteiger partial charge in [0.15, 0.2) is 0 Å². The Balaban J connectivity index is 1.92. The van der Waals surface area contributed by atoms with Gasteiger partial charge in [-0.15, -0.1) is 0 Å². The van der Waals surface area contributed by atoms with Gasteiger partial charge in [-0.2, -0.15) is 14.6 Å². The molecule has 2 aromatic heterocycles. The van der Waals surface area contributed by atoms with Crippen LogP contribution in [0.25, 0.3) is 11.8 Å². The van der Waals surface area contributed by atoms with E-state index in [0.29, 0.717) is 10.6 Å². The van der Waals surface area contributed by atoms with Gasteiger partial charge in [-0.1, -0.05) is 17.7 Å². The molecular weight excluding hydrogens is 458 g/mol. The number of anilines is 1. The van der Waals surface area contributed by atoms with E-state index in [9.17, 15) is 18.5 Å². The van der Waals surface area contributed by atoms with Gasteiger partial charge in [0, 0.05) is 39.9 Å². The summed E-state index contributed by atoms with van der Waals surface area (Å²) in [5.41, 5.74) is 4.10. The Morgan fingerprint density at radius 1 is 1.29 bits per heavy atom. The number of sulfone groups is 1. The zero-order valence-corrected chi connectivity index (χ0v) is 19.5. The lowest BCUT2D eigenvalue weighted by Crippen LogP contribution is -2.13. The van der Waals surface area contributed by atoms with Crippen molar-refractivity contribution in [1.82, 2.24) is 13.9 Å². The highest BCUT2D eigenvalue weighted by molar-refractivity contribution is 7.90. The van der Waals surface area contributed by atoms with Crippen molar-refractivity contribution in [3.8, 4) is 11.8 Å². The first-order valence-electron chi connectivity index (χ1n) is 8.93. The van der Waals surface area contributed by atoms with Gasteiger partial charge < -0.3 is 4.57 Å². The van der Waals surface area contributed by atoms with Crippen LogP contribution in [0.4, 0.5) is 5.13 Å². The standard InChI is InChI=1S/C20H18ClN5O3S2/c1-11-5-6-16(9-17(11)21)26-12(2)7-14(13(26)3)8-15(10-22)18(27)23-19-24-20(25-30-19)31(4,28)29/h5-9H,1-4H3,(H,23,24,25,27). The van der Waals surface area contributed by atoms with Crippen molar-refractivity contribution >= 4 is 50.1 Å². The van der Waals surface area contributed by atoms with Crippen LogP contribution in [-0.2, 0) is 14.6 Å². The molecule has 11 heteroatoms. The fourth-order valence-corrected chi connectivity index (χ4v) is 4.55. The zero-order chi connectivity index (χ0) is 22.9. The van der Waals surface area contributed by atoms with Crippen LogP contribution in [0.3, 0.4) is 0 Å². The highest BCUT2D eigenvalue weighted by atomic mass is 35.5. The number of amides is 1. The van der Waals surface area contributed by atoms with Crippen LogP contribution in [0, 0.1) is 32.1 Å². The summed E-state index contributed by atoms with van der Waals surface area (Å²) >= 11 is 6.98. The number of rotatable bonds is 5. The smallest absolute Gasteiger partial charge is 0.268 e. The van der Waals surface area contributed by atoms with Gasteiger partial charge in [-0.3, -0.25) is 10.1 Å². The lowest BCUT2D eigenvalue weighted by Gasteiger charge is -2.11. The number of nitrogens with zero attached hydrogens (tertiary/aromatic N) is 4. The molecule has 0 aliphatic rings. The van der Waals surface area contributed by atoms with Gasteiger partial charge in [0.1, 0.15) is 11.6 Å². The van der Waals surface area contributed by atoms with E-state index in [-0.39, 0.29) is 15.9 Å². The van der Waals surface area contributed by atoms with Crippen LogP contribution in [0.2, 0.25) is 5.02 Å². The van der Waals surface area contributed by atoms with E-state index in [1.165, 1.54) is 6.08 Å². The minimum absolute atomic E-state index is 0.00801. The molecule has 2 heterocycles. The van der Waals surface area contributed by atoms with Crippen LogP contribution in [0.1, 0.15) is 22.5 Å². The summed E-state index contributed by atoms with van der Waals surface area (Å²) in [6, 6.07) is 9.47. The predicted molar refractivity (Wildman–Crippen MR) is 120 cm³/mol. The number of benzene rings is 1. The number of nitrogens with one attached hydrogen (secondary N) is 1.